The van der Waals surface area contributed by atoms with Gasteiger partial charge in [0.25, 0.3) is 0 Å². The predicted molar refractivity (Wildman–Crippen MR) is 82.2 cm³/mol. The standard InChI is InChI=1S/C16H30N2O3/c1-3-20-10-5-8-18-9-7-14(13(2)12-18)17-16(19)15-6-4-11-21-15/h13-15H,3-12H2,1-2H3,(H,17,19)/t13-,14-,15+/m0/s1. The highest BCUT2D eigenvalue weighted by molar-refractivity contribution is 5.81. The average Bonchev–Trinajstić information content (AvgIpc) is 3.00. The van der Waals surface area contributed by atoms with Gasteiger partial charge in [0.2, 0.25) is 5.91 Å². The Balaban J connectivity index is 1.67. The van der Waals surface area contributed by atoms with Crippen molar-refractivity contribution in [1.82, 2.24) is 10.2 Å². The van der Waals surface area contributed by atoms with Crippen molar-refractivity contribution in [3.63, 3.8) is 0 Å². The summed E-state index contributed by atoms with van der Waals surface area (Å²) in [6.07, 6.45) is 3.80. The van der Waals surface area contributed by atoms with Gasteiger partial charge >= 0.3 is 0 Å². The van der Waals surface area contributed by atoms with E-state index in [0.717, 1.165) is 65.1 Å². The Labute approximate surface area is 128 Å². The van der Waals surface area contributed by atoms with E-state index in [-0.39, 0.29) is 12.0 Å². The maximum absolute atomic E-state index is 12.1. The first kappa shape index (κ1) is 16.7. The molecule has 2 aliphatic heterocycles. The maximum atomic E-state index is 12.1. The van der Waals surface area contributed by atoms with Gasteiger partial charge in [-0.2, -0.15) is 0 Å². The van der Waals surface area contributed by atoms with Crippen LogP contribution in [0.5, 0.6) is 0 Å². The van der Waals surface area contributed by atoms with Crippen LogP contribution in [0.3, 0.4) is 0 Å². The van der Waals surface area contributed by atoms with Crippen molar-refractivity contribution in [2.45, 2.75) is 51.7 Å². The molecular formula is C16H30N2O3. The van der Waals surface area contributed by atoms with Gasteiger partial charge in [0, 0.05) is 45.5 Å². The molecule has 122 valence electrons. The topological polar surface area (TPSA) is 50.8 Å². The van der Waals surface area contributed by atoms with Crippen LogP contribution >= 0.6 is 0 Å². The summed E-state index contributed by atoms with van der Waals surface area (Å²) in [4.78, 5) is 14.6. The van der Waals surface area contributed by atoms with Crippen molar-refractivity contribution in [1.29, 1.82) is 0 Å². The highest BCUT2D eigenvalue weighted by Gasteiger charge is 2.30. The van der Waals surface area contributed by atoms with E-state index in [0.29, 0.717) is 12.0 Å². The van der Waals surface area contributed by atoms with Crippen LogP contribution in [0, 0.1) is 5.92 Å². The Morgan fingerprint density at radius 3 is 2.95 bits per heavy atom. The molecule has 0 radical (unpaired) electrons. The number of carbonyl (C=O) groups excluding carboxylic acids is 1. The van der Waals surface area contributed by atoms with Crippen LogP contribution < -0.4 is 5.32 Å². The number of nitrogens with one attached hydrogen (secondary N) is 1. The van der Waals surface area contributed by atoms with Gasteiger partial charge in [-0.1, -0.05) is 6.92 Å². The molecule has 0 spiro atoms. The second-order valence-electron chi connectivity index (χ2n) is 6.23. The third kappa shape index (κ3) is 5.24. The first-order valence-electron chi connectivity index (χ1n) is 8.42. The van der Waals surface area contributed by atoms with E-state index >= 15 is 0 Å². The molecule has 2 fully saturated rings. The third-order valence-corrected chi connectivity index (χ3v) is 4.51. The number of hydrogen-bond donors (Lipinski definition) is 1. The van der Waals surface area contributed by atoms with E-state index in [4.69, 9.17) is 9.47 Å². The van der Waals surface area contributed by atoms with Gasteiger partial charge < -0.3 is 19.7 Å². The highest BCUT2D eigenvalue weighted by atomic mass is 16.5. The molecule has 1 amide bonds. The Bertz CT molecular complexity index is 319. The minimum Gasteiger partial charge on any atom is -0.382 e. The van der Waals surface area contributed by atoms with Gasteiger partial charge in [-0.3, -0.25) is 4.79 Å². The molecule has 2 aliphatic rings. The molecule has 2 rings (SSSR count). The van der Waals surface area contributed by atoms with Crippen molar-refractivity contribution in [2.75, 3.05) is 39.5 Å². The SMILES string of the molecule is CCOCCCN1CC[C@H](NC(=O)[C@H]2CCCO2)[C@@H](C)C1. The molecule has 21 heavy (non-hydrogen) atoms. The van der Waals surface area contributed by atoms with Crippen LogP contribution in [-0.4, -0.2) is 62.4 Å². The molecule has 0 aromatic rings. The number of amides is 1. The number of piperidine rings is 1. The summed E-state index contributed by atoms with van der Waals surface area (Å²) in [5, 5.41) is 3.19. The van der Waals surface area contributed by atoms with Crippen LogP contribution in [0.4, 0.5) is 0 Å². The van der Waals surface area contributed by atoms with Gasteiger partial charge in [0.15, 0.2) is 0 Å². The predicted octanol–water partition coefficient (Wildman–Crippen LogP) is 1.42. The minimum absolute atomic E-state index is 0.0918. The largest absolute Gasteiger partial charge is 0.382 e. The van der Waals surface area contributed by atoms with Crippen LogP contribution in [0.25, 0.3) is 0 Å². The number of nitrogens with zero attached hydrogens (tertiary/aromatic N) is 1. The van der Waals surface area contributed by atoms with E-state index in [2.05, 4.69) is 17.1 Å². The van der Waals surface area contributed by atoms with Gasteiger partial charge in [0.05, 0.1) is 0 Å². The van der Waals surface area contributed by atoms with E-state index in [1.165, 1.54) is 0 Å². The third-order valence-electron chi connectivity index (χ3n) is 4.51. The molecule has 0 unspecified atom stereocenters. The van der Waals surface area contributed by atoms with Crippen LogP contribution in [0.1, 0.15) is 39.5 Å². The van der Waals surface area contributed by atoms with Crippen LogP contribution in [0.2, 0.25) is 0 Å². The molecule has 1 N–H and O–H groups in total. The number of likely N-dealkylation sites (tertiary alicyclic amines) is 1. The molecule has 0 saturated carbocycles. The normalized spacial score (nSPS) is 30.5. The number of hydrogen-bond acceptors (Lipinski definition) is 4. The first-order chi connectivity index (χ1) is 10.2. The van der Waals surface area contributed by atoms with Crippen molar-refractivity contribution in [3.05, 3.63) is 0 Å². The fourth-order valence-electron chi connectivity index (χ4n) is 3.24. The summed E-state index contributed by atoms with van der Waals surface area (Å²) in [5.41, 5.74) is 0. The molecule has 5 heteroatoms. The lowest BCUT2D eigenvalue weighted by Gasteiger charge is -2.37. The van der Waals surface area contributed by atoms with Crippen LogP contribution in [0.15, 0.2) is 0 Å². The zero-order chi connectivity index (χ0) is 15.1. The second-order valence-corrected chi connectivity index (χ2v) is 6.23. The molecule has 5 nitrogen and oxygen atoms in total. The number of rotatable bonds is 7. The Hall–Kier alpha value is -0.650. The zero-order valence-corrected chi connectivity index (χ0v) is 13.5. The van der Waals surface area contributed by atoms with Gasteiger partial charge in [-0.15, -0.1) is 0 Å². The van der Waals surface area contributed by atoms with Crippen molar-refractivity contribution < 1.29 is 14.3 Å². The summed E-state index contributed by atoms with van der Waals surface area (Å²) >= 11 is 0. The van der Waals surface area contributed by atoms with Crippen molar-refractivity contribution in [3.8, 4) is 0 Å². The first-order valence-corrected chi connectivity index (χ1v) is 8.42. The Kier molecular flexibility index (Phi) is 6.93. The number of ether oxygens (including phenoxy) is 2. The summed E-state index contributed by atoms with van der Waals surface area (Å²) < 4.78 is 10.8. The minimum atomic E-state index is -0.207. The quantitative estimate of drug-likeness (QED) is 0.722. The summed E-state index contributed by atoms with van der Waals surface area (Å²) in [6, 6.07) is 0.296. The highest BCUT2D eigenvalue weighted by Crippen LogP contribution is 2.19. The lowest BCUT2D eigenvalue weighted by atomic mass is 9.93. The molecular weight excluding hydrogens is 268 g/mol. The fourth-order valence-corrected chi connectivity index (χ4v) is 3.24. The van der Waals surface area contributed by atoms with Gasteiger partial charge in [-0.25, -0.2) is 0 Å². The van der Waals surface area contributed by atoms with E-state index in [1.807, 2.05) is 6.92 Å². The zero-order valence-electron chi connectivity index (χ0n) is 13.5. The molecule has 3 atom stereocenters. The average molecular weight is 298 g/mol. The molecule has 0 aliphatic carbocycles. The van der Waals surface area contributed by atoms with Gasteiger partial charge in [0.1, 0.15) is 6.10 Å². The smallest absolute Gasteiger partial charge is 0.249 e. The lowest BCUT2D eigenvalue weighted by Crippen LogP contribution is -2.52. The second kappa shape index (κ2) is 8.71. The monoisotopic (exact) mass is 298 g/mol. The lowest BCUT2D eigenvalue weighted by molar-refractivity contribution is -0.131. The Morgan fingerprint density at radius 1 is 1.43 bits per heavy atom. The number of carbonyl (C=O) groups is 1. The molecule has 0 aromatic carbocycles. The molecule has 2 saturated heterocycles. The van der Waals surface area contributed by atoms with E-state index < -0.39 is 0 Å². The van der Waals surface area contributed by atoms with E-state index in [1.54, 1.807) is 0 Å². The summed E-state index contributed by atoms with van der Waals surface area (Å²) in [5.74, 6) is 0.588. The maximum Gasteiger partial charge on any atom is 0.249 e. The van der Waals surface area contributed by atoms with Crippen molar-refractivity contribution in [2.24, 2.45) is 5.92 Å². The molecule has 2 heterocycles. The fraction of sp³-hybridized carbons (Fsp3) is 0.938. The van der Waals surface area contributed by atoms with Crippen LogP contribution in [-0.2, 0) is 14.3 Å². The van der Waals surface area contributed by atoms with Crippen molar-refractivity contribution >= 4 is 5.91 Å². The molecule has 0 bridgehead atoms. The summed E-state index contributed by atoms with van der Waals surface area (Å²) in [6.45, 7) is 9.85. The van der Waals surface area contributed by atoms with Gasteiger partial charge in [-0.05, 0) is 38.5 Å². The van der Waals surface area contributed by atoms with E-state index in [9.17, 15) is 4.79 Å². The molecule has 0 aromatic heterocycles. The Morgan fingerprint density at radius 2 is 2.29 bits per heavy atom. The summed E-state index contributed by atoms with van der Waals surface area (Å²) in [7, 11) is 0.